The molecule has 0 radical (unpaired) electrons. The van der Waals surface area contributed by atoms with Crippen molar-refractivity contribution < 1.29 is 34.4 Å². The van der Waals surface area contributed by atoms with Crippen LogP contribution in [0.25, 0.3) is 0 Å². The predicted octanol–water partition coefficient (Wildman–Crippen LogP) is 4.10. The first-order valence-corrected chi connectivity index (χ1v) is 13.9. The Bertz CT molecular complexity index is 968. The Hall–Kier alpha value is -2.43. The van der Waals surface area contributed by atoms with Crippen molar-refractivity contribution in [1.82, 2.24) is 5.32 Å². The lowest BCUT2D eigenvalue weighted by Crippen LogP contribution is -2.31. The molecule has 1 heterocycles. The molecular weight excluding hydrogens is 494 g/mol. The lowest BCUT2D eigenvalue weighted by molar-refractivity contribution is -0.245. The summed E-state index contributed by atoms with van der Waals surface area (Å²) in [6, 6.07) is 15.6. The van der Waals surface area contributed by atoms with Gasteiger partial charge in [-0.05, 0) is 29.5 Å². The Morgan fingerprint density at radius 1 is 0.892 bits per heavy atom. The molecule has 8 nitrogen and oxygen atoms in total. The first kappa shape index (κ1) is 29.1. The van der Waals surface area contributed by atoms with Crippen LogP contribution in [0.1, 0.15) is 73.2 Å². The van der Waals surface area contributed by atoms with Crippen molar-refractivity contribution >= 4 is 23.6 Å². The molecule has 2 aromatic rings. The largest absolute Gasteiger partial charge is 0.481 e. The number of carboxylic acids is 1. The van der Waals surface area contributed by atoms with Gasteiger partial charge in [0.05, 0.1) is 25.4 Å². The third-order valence-electron chi connectivity index (χ3n) is 6.19. The average molecular weight is 532 g/mol. The van der Waals surface area contributed by atoms with E-state index in [4.69, 9.17) is 19.7 Å². The second-order valence-electron chi connectivity index (χ2n) is 9.12. The molecule has 0 bridgehead atoms. The summed E-state index contributed by atoms with van der Waals surface area (Å²) in [5, 5.41) is 30.1. The Labute approximate surface area is 222 Å². The second-order valence-corrected chi connectivity index (χ2v) is 10.3. The van der Waals surface area contributed by atoms with E-state index in [2.05, 4.69) is 5.32 Å². The number of nitrogens with one attached hydrogen (secondary N) is 1. The predicted molar refractivity (Wildman–Crippen MR) is 142 cm³/mol. The van der Waals surface area contributed by atoms with E-state index < -0.39 is 12.3 Å². The van der Waals surface area contributed by atoms with E-state index in [9.17, 15) is 14.7 Å². The minimum Gasteiger partial charge on any atom is -0.481 e. The average Bonchev–Trinajstić information content (AvgIpc) is 2.92. The van der Waals surface area contributed by atoms with Crippen LogP contribution in [0.4, 0.5) is 0 Å². The number of carbonyl (C=O) groups excluding carboxylic acids is 1. The lowest BCUT2D eigenvalue weighted by Gasteiger charge is -2.36. The number of aliphatic carboxylic acids is 1. The maximum Gasteiger partial charge on any atom is 0.303 e. The van der Waals surface area contributed by atoms with Gasteiger partial charge in [-0.3, -0.25) is 9.59 Å². The maximum absolute atomic E-state index is 12.1. The van der Waals surface area contributed by atoms with E-state index in [1.165, 1.54) is 0 Å². The first-order chi connectivity index (χ1) is 18.0. The molecule has 3 rings (SSSR count). The van der Waals surface area contributed by atoms with E-state index in [-0.39, 0.29) is 37.7 Å². The molecule has 202 valence electrons. The fraction of sp³-hybridized carbons (Fsp3) is 0.500. The summed E-state index contributed by atoms with van der Waals surface area (Å²) in [5.74, 6) is 0.563. The molecule has 1 saturated heterocycles. The highest BCUT2D eigenvalue weighted by Gasteiger charge is 2.32. The smallest absolute Gasteiger partial charge is 0.303 e. The molecule has 2 aromatic carbocycles. The molecule has 3 atom stereocenters. The Morgan fingerprint density at radius 2 is 1.57 bits per heavy atom. The van der Waals surface area contributed by atoms with Gasteiger partial charge in [-0.2, -0.15) is 11.8 Å². The monoisotopic (exact) mass is 531 g/mol. The van der Waals surface area contributed by atoms with Crippen LogP contribution in [0.2, 0.25) is 0 Å². The normalized spacial score (nSPS) is 19.5. The van der Waals surface area contributed by atoms with Crippen molar-refractivity contribution in [3.8, 4) is 0 Å². The molecule has 1 fully saturated rings. The SMILES string of the molecule is O=C(O)CCCCCC(=O)NCc1ccc(C2OC(CSCCO)CC(c3ccc(CO)cc3)O2)cc1. The zero-order valence-corrected chi connectivity index (χ0v) is 21.8. The zero-order chi connectivity index (χ0) is 26.5. The molecule has 0 spiro atoms. The van der Waals surface area contributed by atoms with Crippen LogP contribution >= 0.6 is 11.8 Å². The van der Waals surface area contributed by atoms with Crippen molar-refractivity contribution in [2.75, 3.05) is 18.1 Å². The summed E-state index contributed by atoms with van der Waals surface area (Å²) in [4.78, 5) is 22.6. The Morgan fingerprint density at radius 3 is 2.24 bits per heavy atom. The van der Waals surface area contributed by atoms with E-state index >= 15 is 0 Å². The highest BCUT2D eigenvalue weighted by atomic mass is 32.2. The van der Waals surface area contributed by atoms with Crippen LogP contribution in [0.15, 0.2) is 48.5 Å². The molecular formula is C28H37NO7S. The molecule has 37 heavy (non-hydrogen) atoms. The van der Waals surface area contributed by atoms with Gasteiger partial charge in [0.1, 0.15) is 0 Å². The molecule has 0 saturated carbocycles. The number of hydrogen-bond donors (Lipinski definition) is 4. The number of thioether (sulfide) groups is 1. The number of carboxylic acid groups (broad SMARTS) is 1. The Balaban J connectivity index is 1.55. The van der Waals surface area contributed by atoms with Crippen LogP contribution in [0.5, 0.6) is 0 Å². The maximum atomic E-state index is 12.1. The van der Waals surface area contributed by atoms with E-state index in [0.29, 0.717) is 38.0 Å². The molecule has 1 aliphatic rings. The van der Waals surface area contributed by atoms with E-state index in [1.807, 2.05) is 48.5 Å². The van der Waals surface area contributed by atoms with Gasteiger partial charge in [0.25, 0.3) is 0 Å². The quantitative estimate of drug-likeness (QED) is 0.253. The number of aliphatic hydroxyl groups excluding tert-OH is 2. The summed E-state index contributed by atoms with van der Waals surface area (Å²) >= 11 is 1.65. The molecule has 1 aliphatic heterocycles. The lowest BCUT2D eigenvalue weighted by atomic mass is 10.0. The number of ether oxygens (including phenoxy) is 2. The summed E-state index contributed by atoms with van der Waals surface area (Å²) < 4.78 is 12.6. The molecule has 3 unspecified atom stereocenters. The first-order valence-electron chi connectivity index (χ1n) is 12.7. The van der Waals surface area contributed by atoms with Crippen molar-refractivity contribution in [2.45, 2.75) is 70.2 Å². The standard InChI is InChI=1S/C28H37NO7S/c30-14-15-37-19-24-16-25(22-10-8-21(18-31)9-11-22)36-28(35-24)23-12-6-20(7-13-23)17-29-26(32)4-2-1-3-5-27(33)34/h6-13,24-25,28,30-31H,1-5,14-19H2,(H,29,32)(H,33,34). The van der Waals surface area contributed by atoms with Gasteiger partial charge in [-0.15, -0.1) is 0 Å². The minimum absolute atomic E-state index is 0.00242. The van der Waals surface area contributed by atoms with Crippen LogP contribution in [0, 0.1) is 0 Å². The van der Waals surface area contributed by atoms with Gasteiger partial charge >= 0.3 is 5.97 Å². The number of hydrogen-bond acceptors (Lipinski definition) is 7. The van der Waals surface area contributed by atoms with Gasteiger partial charge < -0.3 is 30.1 Å². The molecule has 9 heteroatoms. The summed E-state index contributed by atoms with van der Waals surface area (Å²) in [6.07, 6.45) is 2.49. The summed E-state index contributed by atoms with van der Waals surface area (Å²) in [5.41, 5.74) is 3.74. The molecule has 0 aliphatic carbocycles. The second kappa shape index (κ2) is 15.7. The van der Waals surface area contributed by atoms with Gasteiger partial charge in [-0.25, -0.2) is 0 Å². The summed E-state index contributed by atoms with van der Waals surface area (Å²) in [7, 11) is 0. The highest BCUT2D eigenvalue weighted by molar-refractivity contribution is 7.99. The van der Waals surface area contributed by atoms with Crippen molar-refractivity contribution in [3.63, 3.8) is 0 Å². The number of unbranched alkanes of at least 4 members (excludes halogenated alkanes) is 2. The molecule has 1 amide bonds. The fourth-order valence-corrected chi connectivity index (χ4v) is 4.90. The van der Waals surface area contributed by atoms with E-state index in [0.717, 1.165) is 34.4 Å². The van der Waals surface area contributed by atoms with Crippen molar-refractivity contribution in [1.29, 1.82) is 0 Å². The summed E-state index contributed by atoms with van der Waals surface area (Å²) in [6.45, 7) is 0.546. The van der Waals surface area contributed by atoms with Gasteiger partial charge in [0, 0.05) is 42.9 Å². The molecule has 4 N–H and O–H groups in total. The van der Waals surface area contributed by atoms with Crippen molar-refractivity contribution in [3.05, 3.63) is 70.8 Å². The van der Waals surface area contributed by atoms with Gasteiger partial charge in [0.2, 0.25) is 5.91 Å². The third kappa shape index (κ3) is 10.1. The third-order valence-corrected chi connectivity index (χ3v) is 7.27. The zero-order valence-electron chi connectivity index (χ0n) is 21.0. The van der Waals surface area contributed by atoms with Crippen molar-refractivity contribution in [2.24, 2.45) is 0 Å². The number of carbonyl (C=O) groups is 2. The Kier molecular flexibility index (Phi) is 12.4. The van der Waals surface area contributed by atoms with Gasteiger partial charge in [-0.1, -0.05) is 55.0 Å². The van der Waals surface area contributed by atoms with Crippen LogP contribution in [-0.4, -0.2) is 51.4 Å². The van der Waals surface area contributed by atoms with E-state index in [1.54, 1.807) is 11.8 Å². The number of benzene rings is 2. The fourth-order valence-electron chi connectivity index (χ4n) is 4.12. The number of amides is 1. The highest BCUT2D eigenvalue weighted by Crippen LogP contribution is 2.38. The van der Waals surface area contributed by atoms with Gasteiger partial charge in [0.15, 0.2) is 6.29 Å². The van der Waals surface area contributed by atoms with Crippen LogP contribution < -0.4 is 5.32 Å². The number of rotatable bonds is 15. The van der Waals surface area contributed by atoms with Crippen LogP contribution in [-0.2, 0) is 32.2 Å². The number of aliphatic hydroxyl groups is 2. The minimum atomic E-state index is -0.805. The van der Waals surface area contributed by atoms with Crippen LogP contribution in [0.3, 0.4) is 0 Å². The molecule has 0 aromatic heterocycles. The topological polar surface area (TPSA) is 125 Å².